The minimum atomic E-state index is -0.473. The molecule has 0 aliphatic heterocycles. The Hall–Kier alpha value is -1.32. The van der Waals surface area contributed by atoms with E-state index in [-0.39, 0.29) is 11.2 Å². The van der Waals surface area contributed by atoms with Crippen LogP contribution in [0.1, 0.15) is 58.1 Å². The normalized spacial score (nSPS) is 17.6. The first kappa shape index (κ1) is 12.1. The summed E-state index contributed by atoms with van der Waals surface area (Å²) in [6.07, 6.45) is 4.54. The fraction of sp³-hybridized carbons (Fsp3) is 0.692. The van der Waals surface area contributed by atoms with Crippen molar-refractivity contribution in [3.05, 3.63) is 32.6 Å². The first-order valence-electron chi connectivity index (χ1n) is 6.26. The van der Waals surface area contributed by atoms with E-state index in [1.54, 1.807) is 6.07 Å². The smallest absolute Gasteiger partial charge is 0.311 e. The van der Waals surface area contributed by atoms with E-state index in [1.165, 1.54) is 17.4 Å². The third-order valence-corrected chi connectivity index (χ3v) is 3.42. The molecule has 4 nitrogen and oxygen atoms in total. The van der Waals surface area contributed by atoms with Crippen LogP contribution in [-0.2, 0) is 5.54 Å². The fourth-order valence-corrected chi connectivity index (χ4v) is 2.61. The van der Waals surface area contributed by atoms with Gasteiger partial charge in [0.2, 0.25) is 0 Å². The average molecular weight is 236 g/mol. The van der Waals surface area contributed by atoms with Gasteiger partial charge in [-0.3, -0.25) is 9.36 Å². The standard InChI is InChI=1S/C13H20N2O2/c1-13(2,3)15-11(16)8-10(14-12(15)17)9-6-4-5-7-9/h8-9H,4-7H2,1-3H3,(H,14,17). The summed E-state index contributed by atoms with van der Waals surface area (Å²) in [5.74, 6) is 0.366. The van der Waals surface area contributed by atoms with E-state index in [4.69, 9.17) is 0 Å². The summed E-state index contributed by atoms with van der Waals surface area (Å²) in [7, 11) is 0. The number of aromatic amines is 1. The minimum Gasteiger partial charge on any atom is -0.311 e. The van der Waals surface area contributed by atoms with Crippen LogP contribution in [0.3, 0.4) is 0 Å². The Labute approximate surface area is 101 Å². The summed E-state index contributed by atoms with van der Waals surface area (Å²) in [6, 6.07) is 1.60. The van der Waals surface area contributed by atoms with E-state index in [0.717, 1.165) is 18.5 Å². The predicted molar refractivity (Wildman–Crippen MR) is 67.5 cm³/mol. The lowest BCUT2D eigenvalue weighted by Crippen LogP contribution is -2.45. The molecule has 17 heavy (non-hydrogen) atoms. The summed E-state index contributed by atoms with van der Waals surface area (Å²) in [4.78, 5) is 26.9. The van der Waals surface area contributed by atoms with Crippen molar-refractivity contribution >= 4 is 0 Å². The van der Waals surface area contributed by atoms with Gasteiger partial charge in [-0.1, -0.05) is 12.8 Å². The van der Waals surface area contributed by atoms with Gasteiger partial charge in [0, 0.05) is 17.3 Å². The largest absolute Gasteiger partial charge is 0.329 e. The quantitative estimate of drug-likeness (QED) is 0.810. The average Bonchev–Trinajstić information content (AvgIpc) is 2.66. The van der Waals surface area contributed by atoms with E-state index in [9.17, 15) is 9.59 Å². The van der Waals surface area contributed by atoms with Gasteiger partial charge in [-0.15, -0.1) is 0 Å². The number of nitrogens with zero attached hydrogens (tertiary/aromatic N) is 1. The van der Waals surface area contributed by atoms with Crippen LogP contribution < -0.4 is 11.2 Å². The predicted octanol–water partition coefficient (Wildman–Crippen LogP) is 1.95. The Kier molecular flexibility index (Phi) is 2.98. The molecular formula is C13H20N2O2. The summed E-state index contributed by atoms with van der Waals surface area (Å²) >= 11 is 0. The van der Waals surface area contributed by atoms with Gasteiger partial charge < -0.3 is 4.98 Å². The molecule has 1 aromatic heterocycles. The molecule has 4 heteroatoms. The molecule has 1 N–H and O–H groups in total. The Balaban J connectivity index is 2.49. The number of nitrogens with one attached hydrogen (secondary N) is 1. The molecule has 0 atom stereocenters. The van der Waals surface area contributed by atoms with Gasteiger partial charge in [0.05, 0.1) is 0 Å². The molecule has 94 valence electrons. The van der Waals surface area contributed by atoms with E-state index in [2.05, 4.69) is 4.98 Å². The van der Waals surface area contributed by atoms with Crippen molar-refractivity contribution in [1.82, 2.24) is 9.55 Å². The minimum absolute atomic E-state index is 0.192. The summed E-state index contributed by atoms with van der Waals surface area (Å²) < 4.78 is 1.28. The first-order chi connectivity index (χ1) is 7.89. The molecule has 0 unspecified atom stereocenters. The van der Waals surface area contributed by atoms with Crippen molar-refractivity contribution in [2.24, 2.45) is 0 Å². The molecule has 1 heterocycles. The molecule has 1 aliphatic rings. The van der Waals surface area contributed by atoms with E-state index >= 15 is 0 Å². The number of H-pyrrole nitrogens is 1. The maximum absolute atomic E-state index is 12.0. The molecule has 0 saturated heterocycles. The van der Waals surface area contributed by atoms with Crippen molar-refractivity contribution in [3.63, 3.8) is 0 Å². The highest BCUT2D eigenvalue weighted by atomic mass is 16.2. The van der Waals surface area contributed by atoms with Gasteiger partial charge in [0.15, 0.2) is 0 Å². The second kappa shape index (κ2) is 4.17. The third-order valence-electron chi connectivity index (χ3n) is 3.42. The molecule has 1 aromatic rings. The van der Waals surface area contributed by atoms with Crippen molar-refractivity contribution < 1.29 is 0 Å². The zero-order chi connectivity index (χ0) is 12.6. The Morgan fingerprint density at radius 2 is 1.82 bits per heavy atom. The Bertz CT molecular complexity index is 482. The SMILES string of the molecule is CC(C)(C)n1c(=O)cc(C2CCCC2)[nH]c1=O. The van der Waals surface area contributed by atoms with Gasteiger partial charge >= 0.3 is 5.69 Å². The van der Waals surface area contributed by atoms with Crippen molar-refractivity contribution in [2.75, 3.05) is 0 Å². The number of hydrogen-bond acceptors (Lipinski definition) is 2. The number of aromatic nitrogens is 2. The lowest BCUT2D eigenvalue weighted by Gasteiger charge is -2.21. The molecule has 0 aromatic carbocycles. The Morgan fingerprint density at radius 1 is 1.24 bits per heavy atom. The second-order valence-electron chi connectivity index (χ2n) is 5.86. The molecule has 1 saturated carbocycles. The van der Waals surface area contributed by atoms with E-state index < -0.39 is 5.54 Å². The van der Waals surface area contributed by atoms with Crippen LogP contribution in [0, 0.1) is 0 Å². The molecule has 2 rings (SSSR count). The van der Waals surface area contributed by atoms with E-state index in [1.807, 2.05) is 20.8 Å². The van der Waals surface area contributed by atoms with Crippen LogP contribution in [0.2, 0.25) is 0 Å². The van der Waals surface area contributed by atoms with Crippen molar-refractivity contribution in [1.29, 1.82) is 0 Å². The maximum atomic E-state index is 12.0. The maximum Gasteiger partial charge on any atom is 0.329 e. The van der Waals surface area contributed by atoms with Crippen LogP contribution in [-0.4, -0.2) is 9.55 Å². The molecule has 0 bridgehead atoms. The molecule has 0 amide bonds. The molecule has 1 fully saturated rings. The van der Waals surface area contributed by atoms with E-state index in [0.29, 0.717) is 5.92 Å². The van der Waals surface area contributed by atoms with Gasteiger partial charge in [0.1, 0.15) is 0 Å². The fourth-order valence-electron chi connectivity index (χ4n) is 2.61. The van der Waals surface area contributed by atoms with Crippen LogP contribution >= 0.6 is 0 Å². The van der Waals surface area contributed by atoms with Crippen molar-refractivity contribution in [2.45, 2.75) is 57.9 Å². The first-order valence-corrected chi connectivity index (χ1v) is 6.26. The summed E-state index contributed by atoms with van der Waals surface area (Å²) in [5.41, 5.74) is -0.133. The highest BCUT2D eigenvalue weighted by molar-refractivity contribution is 5.09. The van der Waals surface area contributed by atoms with Crippen molar-refractivity contribution in [3.8, 4) is 0 Å². The lowest BCUT2D eigenvalue weighted by molar-refractivity contribution is 0.364. The highest BCUT2D eigenvalue weighted by Gasteiger charge is 2.22. The molecule has 0 radical (unpaired) electrons. The topological polar surface area (TPSA) is 54.9 Å². The summed E-state index contributed by atoms with van der Waals surface area (Å²) in [6.45, 7) is 5.58. The third kappa shape index (κ3) is 2.35. The number of rotatable bonds is 1. The number of hydrogen-bond donors (Lipinski definition) is 1. The van der Waals surface area contributed by atoms with Crippen LogP contribution in [0.25, 0.3) is 0 Å². The molecular weight excluding hydrogens is 216 g/mol. The second-order valence-corrected chi connectivity index (χ2v) is 5.86. The monoisotopic (exact) mass is 236 g/mol. The van der Waals surface area contributed by atoms with Crippen LogP contribution in [0.15, 0.2) is 15.7 Å². The van der Waals surface area contributed by atoms with Crippen LogP contribution in [0.4, 0.5) is 0 Å². The lowest BCUT2D eigenvalue weighted by atomic mass is 10.0. The van der Waals surface area contributed by atoms with Crippen LogP contribution in [0.5, 0.6) is 0 Å². The zero-order valence-corrected chi connectivity index (χ0v) is 10.7. The Morgan fingerprint density at radius 3 is 2.29 bits per heavy atom. The van der Waals surface area contributed by atoms with Gasteiger partial charge in [-0.25, -0.2) is 4.79 Å². The highest BCUT2D eigenvalue weighted by Crippen LogP contribution is 2.31. The zero-order valence-electron chi connectivity index (χ0n) is 10.7. The molecule has 0 spiro atoms. The van der Waals surface area contributed by atoms with Gasteiger partial charge in [0.25, 0.3) is 5.56 Å². The van der Waals surface area contributed by atoms with Gasteiger partial charge in [-0.2, -0.15) is 0 Å². The molecule has 1 aliphatic carbocycles. The van der Waals surface area contributed by atoms with Gasteiger partial charge in [-0.05, 0) is 39.5 Å². The summed E-state index contributed by atoms with van der Waals surface area (Å²) in [5, 5.41) is 0.